The molecule has 2 aliphatic heterocycles. The van der Waals surface area contributed by atoms with Crippen LogP contribution < -0.4 is 10.6 Å². The minimum Gasteiger partial charge on any atom is -0.359 e. The van der Waals surface area contributed by atoms with Crippen LogP contribution in [-0.4, -0.2) is 49.4 Å². The van der Waals surface area contributed by atoms with Crippen molar-refractivity contribution in [2.45, 2.75) is 51.5 Å². The van der Waals surface area contributed by atoms with E-state index in [0.29, 0.717) is 25.6 Å². The van der Waals surface area contributed by atoms with Gasteiger partial charge in [0, 0.05) is 32.6 Å². The monoisotopic (exact) mass is 281 g/mol. The van der Waals surface area contributed by atoms with Crippen molar-refractivity contribution < 1.29 is 9.59 Å². The van der Waals surface area contributed by atoms with Gasteiger partial charge in [0.05, 0.1) is 5.41 Å². The number of carbonyl (C=O) groups excluding carboxylic acids is 2. The molecule has 0 spiro atoms. The van der Waals surface area contributed by atoms with E-state index < -0.39 is 5.41 Å². The van der Waals surface area contributed by atoms with Crippen LogP contribution in [0.4, 0.5) is 0 Å². The fourth-order valence-electron chi connectivity index (χ4n) is 3.29. The van der Waals surface area contributed by atoms with E-state index in [1.165, 1.54) is 19.3 Å². The van der Waals surface area contributed by atoms with Crippen molar-refractivity contribution in [3.8, 4) is 0 Å². The van der Waals surface area contributed by atoms with Gasteiger partial charge in [0.2, 0.25) is 11.8 Å². The average Bonchev–Trinajstić information content (AvgIpc) is 2.89. The average molecular weight is 281 g/mol. The van der Waals surface area contributed by atoms with E-state index in [-0.39, 0.29) is 11.8 Å². The van der Waals surface area contributed by atoms with Crippen LogP contribution in [0.1, 0.15) is 45.4 Å². The Morgan fingerprint density at radius 3 is 2.85 bits per heavy atom. The maximum atomic E-state index is 12.3. The number of nitrogens with zero attached hydrogens (tertiary/aromatic N) is 1. The first-order valence-electron chi connectivity index (χ1n) is 7.78. The van der Waals surface area contributed by atoms with Gasteiger partial charge < -0.3 is 15.5 Å². The predicted molar refractivity (Wildman–Crippen MR) is 78.2 cm³/mol. The van der Waals surface area contributed by atoms with Crippen molar-refractivity contribution in [3.05, 3.63) is 0 Å². The quantitative estimate of drug-likeness (QED) is 0.804. The minimum absolute atomic E-state index is 0.0433. The number of hydrogen-bond acceptors (Lipinski definition) is 3. The zero-order valence-electron chi connectivity index (χ0n) is 12.7. The molecule has 114 valence electrons. The molecule has 0 saturated carbocycles. The lowest BCUT2D eigenvalue weighted by atomic mass is 9.89. The van der Waals surface area contributed by atoms with E-state index >= 15 is 0 Å². The second-order valence-electron chi connectivity index (χ2n) is 6.39. The number of piperidine rings is 1. The van der Waals surface area contributed by atoms with E-state index in [0.717, 1.165) is 19.4 Å². The first-order valence-corrected chi connectivity index (χ1v) is 7.78. The van der Waals surface area contributed by atoms with Gasteiger partial charge in [-0.3, -0.25) is 9.59 Å². The Labute approximate surface area is 121 Å². The molecule has 2 aliphatic rings. The summed E-state index contributed by atoms with van der Waals surface area (Å²) in [5.74, 6) is 0.242. The molecule has 2 saturated heterocycles. The highest BCUT2D eigenvalue weighted by Crippen LogP contribution is 2.30. The first-order chi connectivity index (χ1) is 9.55. The van der Waals surface area contributed by atoms with Crippen LogP contribution in [0.15, 0.2) is 0 Å². The second kappa shape index (κ2) is 6.57. The lowest BCUT2D eigenvalue weighted by molar-refractivity contribution is -0.132. The summed E-state index contributed by atoms with van der Waals surface area (Å²) in [6, 6.07) is 0.501. The molecule has 2 fully saturated rings. The lowest BCUT2D eigenvalue weighted by Gasteiger charge is -2.25. The van der Waals surface area contributed by atoms with Gasteiger partial charge in [0.15, 0.2) is 0 Å². The molecule has 0 aromatic heterocycles. The van der Waals surface area contributed by atoms with Gasteiger partial charge in [-0.25, -0.2) is 0 Å². The molecule has 2 heterocycles. The molecular weight excluding hydrogens is 254 g/mol. The first kappa shape index (κ1) is 15.3. The Bertz CT molecular complexity index is 366. The maximum Gasteiger partial charge on any atom is 0.227 e. The van der Waals surface area contributed by atoms with Crippen molar-refractivity contribution in [2.24, 2.45) is 5.41 Å². The standard InChI is InChI=1S/C15H27N3O2/c1-15(14(20)16-2)8-10-18(11-15)13(19)7-6-12-5-3-4-9-17-12/h12,17H,3-11H2,1-2H3,(H,16,20). The van der Waals surface area contributed by atoms with Gasteiger partial charge in [0.25, 0.3) is 0 Å². The summed E-state index contributed by atoms with van der Waals surface area (Å²) < 4.78 is 0. The number of hydrogen-bond donors (Lipinski definition) is 2. The van der Waals surface area contributed by atoms with Crippen LogP contribution in [0, 0.1) is 5.41 Å². The lowest BCUT2D eigenvalue weighted by Crippen LogP contribution is -2.40. The van der Waals surface area contributed by atoms with Crippen molar-refractivity contribution >= 4 is 11.8 Å². The number of nitrogens with one attached hydrogen (secondary N) is 2. The van der Waals surface area contributed by atoms with Gasteiger partial charge in [-0.2, -0.15) is 0 Å². The van der Waals surface area contributed by atoms with E-state index in [4.69, 9.17) is 0 Å². The van der Waals surface area contributed by atoms with Gasteiger partial charge in [0.1, 0.15) is 0 Å². The summed E-state index contributed by atoms with van der Waals surface area (Å²) in [7, 11) is 1.66. The molecule has 0 aromatic carbocycles. The molecule has 0 aromatic rings. The molecular formula is C15H27N3O2. The van der Waals surface area contributed by atoms with Crippen LogP contribution in [0.5, 0.6) is 0 Å². The van der Waals surface area contributed by atoms with Crippen LogP contribution in [0.25, 0.3) is 0 Å². The van der Waals surface area contributed by atoms with Gasteiger partial charge in [-0.15, -0.1) is 0 Å². The van der Waals surface area contributed by atoms with E-state index in [2.05, 4.69) is 10.6 Å². The molecule has 5 heteroatoms. The molecule has 2 atom stereocenters. The second-order valence-corrected chi connectivity index (χ2v) is 6.39. The molecule has 0 aliphatic carbocycles. The molecule has 5 nitrogen and oxygen atoms in total. The molecule has 2 amide bonds. The predicted octanol–water partition coefficient (Wildman–Crippen LogP) is 0.893. The van der Waals surface area contributed by atoms with Gasteiger partial charge in [-0.05, 0) is 39.2 Å². The van der Waals surface area contributed by atoms with Crippen LogP contribution >= 0.6 is 0 Å². The zero-order valence-corrected chi connectivity index (χ0v) is 12.7. The van der Waals surface area contributed by atoms with Crippen LogP contribution in [-0.2, 0) is 9.59 Å². The molecule has 2 rings (SSSR count). The molecule has 0 bridgehead atoms. The highest BCUT2D eigenvalue weighted by Gasteiger charge is 2.41. The number of carbonyl (C=O) groups is 2. The minimum atomic E-state index is -0.409. The largest absolute Gasteiger partial charge is 0.359 e. The van der Waals surface area contributed by atoms with Crippen LogP contribution in [0.2, 0.25) is 0 Å². The highest BCUT2D eigenvalue weighted by molar-refractivity contribution is 5.84. The fourth-order valence-corrected chi connectivity index (χ4v) is 3.29. The Hall–Kier alpha value is -1.10. The Kier molecular flexibility index (Phi) is 5.02. The summed E-state index contributed by atoms with van der Waals surface area (Å²) in [5.41, 5.74) is -0.409. The van der Waals surface area contributed by atoms with Crippen molar-refractivity contribution in [1.29, 1.82) is 0 Å². The van der Waals surface area contributed by atoms with E-state index in [9.17, 15) is 9.59 Å². The molecule has 2 unspecified atom stereocenters. The summed E-state index contributed by atoms with van der Waals surface area (Å²) in [5, 5.41) is 6.18. The van der Waals surface area contributed by atoms with Crippen molar-refractivity contribution in [3.63, 3.8) is 0 Å². The Morgan fingerprint density at radius 1 is 1.40 bits per heavy atom. The van der Waals surface area contributed by atoms with Crippen molar-refractivity contribution in [1.82, 2.24) is 15.5 Å². The Balaban J connectivity index is 1.77. The SMILES string of the molecule is CNC(=O)C1(C)CCN(C(=O)CCC2CCCCN2)C1. The molecule has 2 N–H and O–H groups in total. The topological polar surface area (TPSA) is 61.4 Å². The van der Waals surface area contributed by atoms with Crippen LogP contribution in [0.3, 0.4) is 0 Å². The van der Waals surface area contributed by atoms with Gasteiger partial charge in [-0.1, -0.05) is 6.42 Å². The number of rotatable bonds is 4. The van der Waals surface area contributed by atoms with E-state index in [1.54, 1.807) is 7.05 Å². The normalized spacial score (nSPS) is 30.3. The zero-order chi connectivity index (χ0) is 14.6. The highest BCUT2D eigenvalue weighted by atomic mass is 16.2. The Morgan fingerprint density at radius 2 is 2.20 bits per heavy atom. The van der Waals surface area contributed by atoms with Crippen molar-refractivity contribution in [2.75, 3.05) is 26.7 Å². The smallest absolute Gasteiger partial charge is 0.227 e. The third kappa shape index (κ3) is 3.51. The number of likely N-dealkylation sites (tertiary alicyclic amines) is 1. The summed E-state index contributed by atoms with van der Waals surface area (Å²) in [6.45, 7) is 4.30. The summed E-state index contributed by atoms with van der Waals surface area (Å²) in [4.78, 5) is 26.0. The van der Waals surface area contributed by atoms with E-state index in [1.807, 2.05) is 11.8 Å². The summed E-state index contributed by atoms with van der Waals surface area (Å²) >= 11 is 0. The third-order valence-electron chi connectivity index (χ3n) is 4.72. The molecule has 20 heavy (non-hydrogen) atoms. The number of amides is 2. The summed E-state index contributed by atoms with van der Waals surface area (Å²) in [6.07, 6.45) is 5.99. The maximum absolute atomic E-state index is 12.3. The third-order valence-corrected chi connectivity index (χ3v) is 4.72. The van der Waals surface area contributed by atoms with Gasteiger partial charge >= 0.3 is 0 Å². The fraction of sp³-hybridized carbons (Fsp3) is 0.867. The molecule has 0 radical (unpaired) electrons.